The summed E-state index contributed by atoms with van der Waals surface area (Å²) < 4.78 is 22.1. The van der Waals surface area contributed by atoms with Gasteiger partial charge in [0.2, 0.25) is 11.7 Å². The average Bonchev–Trinajstić information content (AvgIpc) is 3.42. The number of carbonyl (C=O) groups excluding carboxylic acids is 6. The molecule has 9 atom stereocenters. The minimum Gasteiger partial charge on any atom is -0.464 e. The number of hydrogen-bond donors (Lipinski definition) is 2. The lowest BCUT2D eigenvalue weighted by Crippen LogP contribution is -2.69. The fourth-order valence-corrected chi connectivity index (χ4v) is 10.7. The number of alkyl halides is 1. The summed E-state index contributed by atoms with van der Waals surface area (Å²) in [7, 11) is 0. The second-order valence-electron chi connectivity index (χ2n) is 16.9. The van der Waals surface area contributed by atoms with Crippen LogP contribution in [0.3, 0.4) is 0 Å². The van der Waals surface area contributed by atoms with Crippen molar-refractivity contribution in [2.75, 3.05) is 26.4 Å². The van der Waals surface area contributed by atoms with Gasteiger partial charge in [0.1, 0.15) is 11.8 Å². The van der Waals surface area contributed by atoms with Crippen molar-refractivity contribution in [1.29, 1.82) is 0 Å². The summed E-state index contributed by atoms with van der Waals surface area (Å²) >= 11 is 7.58. The van der Waals surface area contributed by atoms with E-state index in [4.69, 9.17) is 30.5 Å². The Morgan fingerprint density at radius 1 is 0.968 bits per heavy atom. The molecular formula is C42H52ClN3O17. The highest BCUT2D eigenvalue weighted by molar-refractivity contribution is 6.26. The number of rotatable bonds is 20. The number of ketones is 2. The first-order valence-corrected chi connectivity index (χ1v) is 21.0. The lowest BCUT2D eigenvalue weighted by molar-refractivity contribution is -0.757. The van der Waals surface area contributed by atoms with Crippen LogP contribution < -0.4 is 10.1 Å². The summed E-state index contributed by atoms with van der Waals surface area (Å²) in [4.78, 5) is 106. The van der Waals surface area contributed by atoms with E-state index in [2.05, 4.69) is 15.0 Å². The van der Waals surface area contributed by atoms with E-state index in [0.717, 1.165) is 5.57 Å². The Bertz CT molecular complexity index is 2030. The molecule has 0 saturated heterocycles. The zero-order chi connectivity index (χ0) is 46.3. The number of benzene rings is 1. The highest BCUT2D eigenvalue weighted by atomic mass is 35.5. The highest BCUT2D eigenvalue weighted by Crippen LogP contribution is 2.71. The number of Topliss-reactive ketones (excluding diaryl/α,β-unsaturated/α-hetero) is 1. The minimum absolute atomic E-state index is 0.00294. The molecule has 344 valence electrons. The van der Waals surface area contributed by atoms with Crippen LogP contribution in [0.15, 0.2) is 48.1 Å². The number of aliphatic hydroxyl groups is 1. The first-order valence-electron chi connectivity index (χ1n) is 20.6. The van der Waals surface area contributed by atoms with E-state index in [1.165, 1.54) is 37.3 Å². The number of fused-ring (bicyclic) bond motifs is 5. The number of amides is 1. The molecule has 4 aliphatic carbocycles. The Hall–Kier alpha value is -5.63. The predicted molar refractivity (Wildman–Crippen MR) is 217 cm³/mol. The Morgan fingerprint density at radius 2 is 1.62 bits per heavy atom. The molecule has 21 heteroatoms. The summed E-state index contributed by atoms with van der Waals surface area (Å²) in [6.07, 6.45) is 3.49. The number of nitrogens with one attached hydrogen (secondary N) is 1. The highest BCUT2D eigenvalue weighted by Gasteiger charge is 2.76. The molecule has 20 nitrogen and oxygen atoms in total. The third kappa shape index (κ3) is 10.1. The van der Waals surface area contributed by atoms with Crippen molar-refractivity contribution in [2.45, 2.75) is 108 Å². The number of aliphatic hydroxyl groups excluding tert-OH is 1. The van der Waals surface area contributed by atoms with Gasteiger partial charge in [-0.3, -0.25) is 19.2 Å². The van der Waals surface area contributed by atoms with Gasteiger partial charge >= 0.3 is 18.1 Å². The van der Waals surface area contributed by atoms with Crippen molar-refractivity contribution < 1.29 is 72.7 Å². The molecule has 2 unspecified atom stereocenters. The molecule has 4 aliphatic rings. The van der Waals surface area contributed by atoms with E-state index < -0.39 is 104 Å². The van der Waals surface area contributed by atoms with Crippen LogP contribution in [-0.2, 0) is 54.3 Å². The van der Waals surface area contributed by atoms with Crippen molar-refractivity contribution in [1.82, 2.24) is 5.32 Å². The maximum Gasteiger partial charge on any atom is 0.514 e. The van der Waals surface area contributed by atoms with Crippen LogP contribution in [0, 0.1) is 48.8 Å². The van der Waals surface area contributed by atoms with Crippen molar-refractivity contribution in [3.8, 4) is 5.75 Å². The second-order valence-corrected chi connectivity index (χ2v) is 17.5. The van der Waals surface area contributed by atoms with Gasteiger partial charge in [0.15, 0.2) is 18.0 Å². The number of nitrogens with zero attached hydrogens (tertiary/aromatic N) is 2. The summed E-state index contributed by atoms with van der Waals surface area (Å²) in [5.74, 6) is -4.50. The van der Waals surface area contributed by atoms with E-state index in [9.17, 15) is 54.1 Å². The van der Waals surface area contributed by atoms with Crippen LogP contribution in [0.4, 0.5) is 4.79 Å². The van der Waals surface area contributed by atoms with Gasteiger partial charge in [-0.1, -0.05) is 50.6 Å². The Labute approximate surface area is 367 Å². The molecule has 0 aromatic heterocycles. The largest absolute Gasteiger partial charge is 0.514 e. The molecule has 2 N–H and O–H groups in total. The lowest BCUT2D eigenvalue weighted by Gasteiger charge is -2.63. The number of unbranched alkanes of at least 4 members (excludes halogenated alkanes) is 1. The summed E-state index contributed by atoms with van der Waals surface area (Å²) in [5, 5.41) is 33.7. The van der Waals surface area contributed by atoms with Crippen LogP contribution in [0.1, 0.15) is 84.6 Å². The summed E-state index contributed by atoms with van der Waals surface area (Å²) in [6.45, 7) is 5.06. The van der Waals surface area contributed by atoms with Crippen molar-refractivity contribution in [3.05, 3.63) is 73.9 Å². The molecule has 0 radical (unpaired) electrons. The smallest absolute Gasteiger partial charge is 0.464 e. The molecule has 0 heterocycles. The van der Waals surface area contributed by atoms with Gasteiger partial charge in [0.05, 0.1) is 30.8 Å². The third-order valence-electron chi connectivity index (χ3n) is 13.1. The van der Waals surface area contributed by atoms with Gasteiger partial charge in [-0.25, -0.2) is 9.59 Å². The van der Waals surface area contributed by atoms with Gasteiger partial charge in [0.25, 0.3) is 10.2 Å². The number of allylic oxidation sites excluding steroid dienone is 4. The fraction of sp³-hybridized carbons (Fsp3) is 0.619. The minimum atomic E-state index is -1.96. The normalized spacial score (nSPS) is 29.6. The van der Waals surface area contributed by atoms with E-state index >= 15 is 0 Å². The number of carbonyl (C=O) groups is 6. The number of ether oxygens (including phenoxy) is 4. The lowest BCUT2D eigenvalue weighted by atomic mass is 9.46. The zero-order valence-electron chi connectivity index (χ0n) is 35.4. The van der Waals surface area contributed by atoms with Crippen LogP contribution in [0.2, 0.25) is 0 Å². The Morgan fingerprint density at radius 3 is 2.27 bits per heavy atom. The summed E-state index contributed by atoms with van der Waals surface area (Å²) in [6, 6.07) is 4.75. The van der Waals surface area contributed by atoms with Crippen molar-refractivity contribution >= 4 is 47.2 Å². The van der Waals surface area contributed by atoms with Gasteiger partial charge in [-0.2, -0.15) is 0 Å². The number of esters is 2. The first-order chi connectivity index (χ1) is 29.7. The molecule has 1 aromatic carbocycles. The predicted octanol–water partition coefficient (Wildman–Crippen LogP) is 4.51. The van der Waals surface area contributed by atoms with Crippen LogP contribution in [0.5, 0.6) is 5.75 Å². The maximum atomic E-state index is 14.6. The molecule has 2 saturated carbocycles. The van der Waals surface area contributed by atoms with Gasteiger partial charge < -0.3 is 39.0 Å². The SMILES string of the molecule is CC(=O)N[C@@H](Cc1ccc(OC(=O)OCC(=O)[C@@]2(OC(=O)CCCO[N+](=O)[O-])[C@@H](C)CC3C4CC=C5CC(=O)C=C[C@]5(C)[C@@]4(Cl)[C@@H](O)C[C@@]32C)cc1)C(=O)OCCCCO[N+](=O)[O-]. The molecule has 0 bridgehead atoms. The van der Waals surface area contributed by atoms with Gasteiger partial charge in [-0.15, -0.1) is 31.8 Å². The second kappa shape index (κ2) is 19.8. The first kappa shape index (κ1) is 48.4. The number of halogens is 1. The van der Waals surface area contributed by atoms with Crippen LogP contribution in [0.25, 0.3) is 0 Å². The average molecular weight is 906 g/mol. The van der Waals surface area contributed by atoms with E-state index in [1.54, 1.807) is 19.9 Å². The zero-order valence-corrected chi connectivity index (χ0v) is 36.1. The Balaban J connectivity index is 1.29. The molecule has 1 amide bonds. The quantitative estimate of drug-likeness (QED) is 0.0266. The van der Waals surface area contributed by atoms with Crippen molar-refractivity contribution in [3.63, 3.8) is 0 Å². The van der Waals surface area contributed by atoms with E-state index in [0.29, 0.717) is 18.4 Å². The monoisotopic (exact) mass is 905 g/mol. The molecule has 0 aliphatic heterocycles. The van der Waals surface area contributed by atoms with Crippen LogP contribution in [-0.4, -0.2) is 99.9 Å². The maximum absolute atomic E-state index is 14.6. The molecule has 63 heavy (non-hydrogen) atoms. The van der Waals surface area contributed by atoms with Crippen LogP contribution >= 0.6 is 11.6 Å². The van der Waals surface area contributed by atoms with Gasteiger partial charge in [0, 0.05) is 42.9 Å². The Kier molecular flexibility index (Phi) is 15.2. The number of hydrogen-bond acceptors (Lipinski definition) is 17. The van der Waals surface area contributed by atoms with Crippen molar-refractivity contribution in [2.24, 2.45) is 28.6 Å². The standard InChI is InChI=1S/C42H52ClN3O17/c1-25-20-32-31-14-11-28-22-29(48)15-16-39(28,3)41(31,43)34(49)23-40(32,4)42(25,63-36(51)8-7-19-61-46(56)57)35(50)24-59-38(53)62-30-12-9-27(10-13-30)21-33(44-26(2)47)37(52)58-17-5-6-18-60-45(54)55/h9-13,15-16,25,31-34,49H,5-8,14,17-24H2,1-4H3,(H,44,47)/t25-,31?,32?,33-,34-,39-,40-,41-,42-/m0/s1. The third-order valence-corrected chi connectivity index (χ3v) is 14.0. The fourth-order valence-electron chi connectivity index (χ4n) is 10.2. The molecule has 1 aromatic rings. The van der Waals surface area contributed by atoms with E-state index in [1.807, 2.05) is 13.0 Å². The molecule has 2 fully saturated rings. The van der Waals surface area contributed by atoms with Gasteiger partial charge in [-0.05, 0) is 74.1 Å². The topological polar surface area (TPSA) is 276 Å². The molecule has 0 spiro atoms. The van der Waals surface area contributed by atoms with E-state index in [-0.39, 0.29) is 69.7 Å². The molecular weight excluding hydrogens is 854 g/mol. The summed E-state index contributed by atoms with van der Waals surface area (Å²) in [5.41, 5.74) is -2.78. The molecule has 5 rings (SSSR count).